The molecular formula is C16H22N4O2. The molecule has 0 aromatic carbocycles. The first-order chi connectivity index (χ1) is 10.8. The fourth-order valence-electron chi connectivity index (χ4n) is 3.56. The molecule has 2 fully saturated rings. The maximum atomic E-state index is 12.4. The van der Waals surface area contributed by atoms with Crippen molar-refractivity contribution in [3.8, 4) is 0 Å². The van der Waals surface area contributed by atoms with Crippen molar-refractivity contribution < 1.29 is 9.53 Å². The number of hydrogen-bond acceptors (Lipinski definition) is 5. The van der Waals surface area contributed by atoms with Gasteiger partial charge in [0.2, 0.25) is 5.95 Å². The van der Waals surface area contributed by atoms with E-state index in [0.717, 1.165) is 44.2 Å². The molecule has 6 nitrogen and oxygen atoms in total. The fraction of sp³-hybridized carbons (Fsp3) is 0.688. The number of fused-ring (bicyclic) bond motifs is 1. The average molecular weight is 302 g/mol. The molecule has 0 spiro atoms. The Balaban J connectivity index is 1.49. The highest BCUT2D eigenvalue weighted by molar-refractivity contribution is 5.97. The number of amides is 1. The Bertz CT molecular complexity index is 565. The Morgan fingerprint density at radius 3 is 2.86 bits per heavy atom. The number of piperidine rings is 1. The summed E-state index contributed by atoms with van der Waals surface area (Å²) in [7, 11) is 0. The van der Waals surface area contributed by atoms with Gasteiger partial charge in [0.25, 0.3) is 5.91 Å². The number of ether oxygens (including phenoxy) is 1. The first-order valence-electron chi connectivity index (χ1n) is 8.33. The maximum absolute atomic E-state index is 12.4. The van der Waals surface area contributed by atoms with E-state index in [1.807, 2.05) is 4.90 Å². The van der Waals surface area contributed by atoms with Crippen LogP contribution >= 0.6 is 0 Å². The molecule has 1 aromatic rings. The zero-order valence-corrected chi connectivity index (χ0v) is 12.8. The third-order valence-electron chi connectivity index (χ3n) is 4.80. The first kappa shape index (κ1) is 13.9. The van der Waals surface area contributed by atoms with Crippen LogP contribution in [0.1, 0.15) is 48.2 Å². The number of rotatable bonds is 3. The minimum atomic E-state index is 0.0516. The summed E-state index contributed by atoms with van der Waals surface area (Å²) in [6.45, 7) is 4.13. The lowest BCUT2D eigenvalue weighted by Gasteiger charge is -2.26. The van der Waals surface area contributed by atoms with Gasteiger partial charge in [-0.3, -0.25) is 4.79 Å². The molecule has 1 atom stereocenters. The SMILES string of the molecule is O=C1c2cnc(N3CCCCC3)nc2CN1C[C@@H]1CCCO1. The predicted octanol–water partition coefficient (Wildman–Crippen LogP) is 1.60. The van der Waals surface area contributed by atoms with Crippen LogP contribution in [-0.4, -0.2) is 53.1 Å². The smallest absolute Gasteiger partial charge is 0.257 e. The molecule has 4 rings (SSSR count). The molecule has 0 N–H and O–H groups in total. The molecule has 0 radical (unpaired) electrons. The van der Waals surface area contributed by atoms with Gasteiger partial charge < -0.3 is 14.5 Å². The number of nitrogens with zero attached hydrogens (tertiary/aromatic N) is 4. The van der Waals surface area contributed by atoms with Crippen molar-refractivity contribution in [2.75, 3.05) is 31.1 Å². The minimum absolute atomic E-state index is 0.0516. The van der Waals surface area contributed by atoms with Crippen LogP contribution < -0.4 is 4.90 Å². The molecule has 6 heteroatoms. The second-order valence-corrected chi connectivity index (χ2v) is 6.40. The van der Waals surface area contributed by atoms with Crippen LogP contribution in [0.25, 0.3) is 0 Å². The number of carbonyl (C=O) groups is 1. The Hall–Kier alpha value is -1.69. The predicted molar refractivity (Wildman–Crippen MR) is 81.8 cm³/mol. The second-order valence-electron chi connectivity index (χ2n) is 6.40. The Morgan fingerprint density at radius 2 is 2.09 bits per heavy atom. The van der Waals surface area contributed by atoms with Crippen LogP contribution in [-0.2, 0) is 11.3 Å². The number of carbonyl (C=O) groups excluding carboxylic acids is 1. The molecule has 0 bridgehead atoms. The van der Waals surface area contributed by atoms with E-state index >= 15 is 0 Å². The zero-order chi connectivity index (χ0) is 14.9. The summed E-state index contributed by atoms with van der Waals surface area (Å²) in [6.07, 6.45) is 7.73. The van der Waals surface area contributed by atoms with Crippen molar-refractivity contribution in [1.29, 1.82) is 0 Å². The molecule has 3 aliphatic rings. The van der Waals surface area contributed by atoms with E-state index in [9.17, 15) is 4.79 Å². The summed E-state index contributed by atoms with van der Waals surface area (Å²) in [5.41, 5.74) is 1.54. The van der Waals surface area contributed by atoms with Crippen molar-refractivity contribution in [1.82, 2.24) is 14.9 Å². The Kier molecular flexibility index (Phi) is 3.70. The molecule has 1 amide bonds. The van der Waals surface area contributed by atoms with E-state index in [4.69, 9.17) is 4.74 Å². The van der Waals surface area contributed by atoms with Crippen molar-refractivity contribution >= 4 is 11.9 Å². The summed E-state index contributed by atoms with van der Waals surface area (Å²) >= 11 is 0. The van der Waals surface area contributed by atoms with Gasteiger partial charge in [-0.05, 0) is 32.1 Å². The largest absolute Gasteiger partial charge is 0.376 e. The van der Waals surface area contributed by atoms with E-state index in [2.05, 4.69) is 14.9 Å². The summed E-state index contributed by atoms with van der Waals surface area (Å²) in [5, 5.41) is 0. The van der Waals surface area contributed by atoms with Gasteiger partial charge in [0.05, 0.1) is 23.9 Å². The van der Waals surface area contributed by atoms with Crippen LogP contribution in [0.15, 0.2) is 6.20 Å². The molecule has 22 heavy (non-hydrogen) atoms. The highest BCUT2D eigenvalue weighted by Gasteiger charge is 2.32. The number of aromatic nitrogens is 2. The van der Waals surface area contributed by atoms with Gasteiger partial charge in [0, 0.05) is 32.4 Å². The summed E-state index contributed by atoms with van der Waals surface area (Å²) in [4.78, 5) is 25.6. The molecular weight excluding hydrogens is 280 g/mol. The van der Waals surface area contributed by atoms with Crippen molar-refractivity contribution in [2.45, 2.75) is 44.8 Å². The molecule has 3 aliphatic heterocycles. The van der Waals surface area contributed by atoms with E-state index in [0.29, 0.717) is 18.7 Å². The summed E-state index contributed by atoms with van der Waals surface area (Å²) in [5.74, 6) is 0.834. The third kappa shape index (κ3) is 2.56. The van der Waals surface area contributed by atoms with Crippen LogP contribution in [0.4, 0.5) is 5.95 Å². The highest BCUT2D eigenvalue weighted by Crippen LogP contribution is 2.25. The summed E-state index contributed by atoms with van der Waals surface area (Å²) in [6, 6.07) is 0. The van der Waals surface area contributed by atoms with E-state index in [-0.39, 0.29) is 12.0 Å². The monoisotopic (exact) mass is 302 g/mol. The fourth-order valence-corrected chi connectivity index (χ4v) is 3.56. The Labute approximate surface area is 130 Å². The minimum Gasteiger partial charge on any atom is -0.376 e. The molecule has 0 aliphatic carbocycles. The van der Waals surface area contributed by atoms with Gasteiger partial charge >= 0.3 is 0 Å². The molecule has 0 unspecified atom stereocenters. The topological polar surface area (TPSA) is 58.6 Å². The molecule has 4 heterocycles. The second kappa shape index (κ2) is 5.83. The van der Waals surface area contributed by atoms with Crippen LogP contribution in [0.3, 0.4) is 0 Å². The Morgan fingerprint density at radius 1 is 1.23 bits per heavy atom. The molecule has 118 valence electrons. The third-order valence-corrected chi connectivity index (χ3v) is 4.80. The van der Waals surface area contributed by atoms with Gasteiger partial charge in [0.1, 0.15) is 0 Å². The van der Waals surface area contributed by atoms with Crippen LogP contribution in [0.5, 0.6) is 0 Å². The van der Waals surface area contributed by atoms with Crippen molar-refractivity contribution in [3.05, 3.63) is 17.5 Å². The molecule has 0 saturated carbocycles. The first-order valence-corrected chi connectivity index (χ1v) is 8.33. The number of hydrogen-bond donors (Lipinski definition) is 0. The molecule has 1 aromatic heterocycles. The van der Waals surface area contributed by atoms with E-state index in [1.54, 1.807) is 6.20 Å². The van der Waals surface area contributed by atoms with E-state index < -0.39 is 0 Å². The van der Waals surface area contributed by atoms with Gasteiger partial charge in [-0.2, -0.15) is 0 Å². The molecule has 2 saturated heterocycles. The lowest BCUT2D eigenvalue weighted by Crippen LogP contribution is -2.32. The van der Waals surface area contributed by atoms with Crippen LogP contribution in [0, 0.1) is 0 Å². The standard InChI is InChI=1S/C16H22N4O2/c21-15-13-9-17-16(19-6-2-1-3-7-19)18-14(13)11-20(15)10-12-5-4-8-22-12/h9,12H,1-8,10-11H2/t12-/m0/s1. The van der Waals surface area contributed by atoms with Gasteiger partial charge in [-0.25, -0.2) is 9.97 Å². The van der Waals surface area contributed by atoms with Crippen molar-refractivity contribution in [3.63, 3.8) is 0 Å². The van der Waals surface area contributed by atoms with E-state index in [1.165, 1.54) is 19.3 Å². The van der Waals surface area contributed by atoms with Crippen LogP contribution in [0.2, 0.25) is 0 Å². The van der Waals surface area contributed by atoms with Gasteiger partial charge in [-0.15, -0.1) is 0 Å². The average Bonchev–Trinajstić information content (AvgIpc) is 3.17. The summed E-state index contributed by atoms with van der Waals surface area (Å²) < 4.78 is 5.64. The quantitative estimate of drug-likeness (QED) is 0.849. The van der Waals surface area contributed by atoms with Gasteiger partial charge in [0.15, 0.2) is 0 Å². The number of anilines is 1. The van der Waals surface area contributed by atoms with Crippen molar-refractivity contribution in [2.24, 2.45) is 0 Å². The van der Waals surface area contributed by atoms with Gasteiger partial charge in [-0.1, -0.05) is 0 Å². The maximum Gasteiger partial charge on any atom is 0.257 e. The lowest BCUT2D eigenvalue weighted by molar-refractivity contribution is 0.0544. The zero-order valence-electron chi connectivity index (χ0n) is 12.8. The lowest BCUT2D eigenvalue weighted by atomic mass is 10.1. The highest BCUT2D eigenvalue weighted by atomic mass is 16.5. The normalized spacial score (nSPS) is 24.9.